The van der Waals surface area contributed by atoms with Crippen molar-refractivity contribution in [2.45, 2.75) is 66.3 Å². The summed E-state index contributed by atoms with van der Waals surface area (Å²) in [4.78, 5) is 29.7. The maximum atomic E-state index is 12.7. The molecule has 6 heteroatoms. The molecule has 0 saturated carbocycles. The van der Waals surface area contributed by atoms with Crippen LogP contribution < -0.4 is 10.2 Å². The van der Waals surface area contributed by atoms with E-state index in [1.165, 1.54) is 6.92 Å². The Hall–Kier alpha value is -2.47. The van der Waals surface area contributed by atoms with E-state index in [0.717, 1.165) is 41.2 Å². The predicted octanol–water partition coefficient (Wildman–Crippen LogP) is 4.79. The SMILES string of the molecule is COCCCOc1cc2c(nc1C(C)C)-c1cc(=O)c(C(C)=O)cn1[C@H](C(C)(C)C)C2. The van der Waals surface area contributed by atoms with Gasteiger partial charge in [0.2, 0.25) is 0 Å². The lowest BCUT2D eigenvalue weighted by Gasteiger charge is -2.39. The van der Waals surface area contributed by atoms with Gasteiger partial charge in [0.25, 0.3) is 0 Å². The summed E-state index contributed by atoms with van der Waals surface area (Å²) in [7, 11) is 1.68. The molecule has 0 N–H and O–H groups in total. The lowest BCUT2D eigenvalue weighted by Crippen LogP contribution is -2.33. The number of hydrogen-bond acceptors (Lipinski definition) is 5. The third-order valence-electron chi connectivity index (χ3n) is 5.84. The van der Waals surface area contributed by atoms with Crippen LogP contribution in [0.5, 0.6) is 5.75 Å². The topological polar surface area (TPSA) is 70.4 Å². The first kappa shape index (κ1) is 23.2. The first-order chi connectivity index (χ1) is 14.5. The third-order valence-corrected chi connectivity index (χ3v) is 5.84. The Labute approximate surface area is 184 Å². The molecule has 168 valence electrons. The summed E-state index contributed by atoms with van der Waals surface area (Å²) in [6.07, 6.45) is 3.29. The highest BCUT2D eigenvalue weighted by molar-refractivity contribution is 5.94. The minimum atomic E-state index is -0.257. The smallest absolute Gasteiger partial charge is 0.193 e. The van der Waals surface area contributed by atoms with E-state index in [4.69, 9.17) is 14.5 Å². The molecule has 0 aliphatic carbocycles. The minimum Gasteiger partial charge on any atom is -0.492 e. The minimum absolute atomic E-state index is 0.0776. The first-order valence-electron chi connectivity index (χ1n) is 11.0. The number of carbonyl (C=O) groups is 1. The molecule has 1 atom stereocenters. The van der Waals surface area contributed by atoms with Gasteiger partial charge in [0.15, 0.2) is 11.2 Å². The summed E-state index contributed by atoms with van der Waals surface area (Å²) in [6, 6.07) is 3.75. The van der Waals surface area contributed by atoms with Crippen LogP contribution in [-0.4, -0.2) is 35.7 Å². The molecule has 0 amide bonds. The molecule has 0 fully saturated rings. The van der Waals surface area contributed by atoms with Gasteiger partial charge in [0, 0.05) is 38.4 Å². The summed E-state index contributed by atoms with van der Waals surface area (Å²) < 4.78 is 13.3. The standard InChI is InChI=1S/C25H34N2O4/c1-15(2)23-21(31-10-8-9-30-7)11-17-12-22(25(4,5)6)27-14-18(16(3)28)20(29)13-19(27)24(17)26-23/h11,13-15,22H,8-10,12H2,1-7H3/t22-/m0/s1. The molecule has 31 heavy (non-hydrogen) atoms. The van der Waals surface area contributed by atoms with Gasteiger partial charge in [-0.25, -0.2) is 4.98 Å². The van der Waals surface area contributed by atoms with E-state index in [9.17, 15) is 9.59 Å². The van der Waals surface area contributed by atoms with Crippen molar-refractivity contribution in [2.75, 3.05) is 20.3 Å². The normalized spacial score (nSPS) is 15.5. The van der Waals surface area contributed by atoms with Gasteiger partial charge in [-0.05, 0) is 36.3 Å². The second-order valence-corrected chi connectivity index (χ2v) is 9.71. The quantitative estimate of drug-likeness (QED) is 0.470. The highest BCUT2D eigenvalue weighted by Gasteiger charge is 2.34. The van der Waals surface area contributed by atoms with E-state index >= 15 is 0 Å². The number of pyridine rings is 2. The van der Waals surface area contributed by atoms with Gasteiger partial charge < -0.3 is 14.0 Å². The molecule has 0 spiro atoms. The van der Waals surface area contributed by atoms with E-state index in [1.54, 1.807) is 19.4 Å². The van der Waals surface area contributed by atoms with Crippen molar-refractivity contribution in [3.63, 3.8) is 0 Å². The number of hydrogen-bond donors (Lipinski definition) is 0. The highest BCUT2D eigenvalue weighted by atomic mass is 16.5. The van der Waals surface area contributed by atoms with E-state index in [-0.39, 0.29) is 34.2 Å². The van der Waals surface area contributed by atoms with Crippen LogP contribution in [0.15, 0.2) is 23.1 Å². The van der Waals surface area contributed by atoms with Crippen molar-refractivity contribution in [3.8, 4) is 17.1 Å². The Balaban J connectivity index is 2.18. The van der Waals surface area contributed by atoms with E-state index < -0.39 is 0 Å². The number of rotatable bonds is 7. The second-order valence-electron chi connectivity index (χ2n) is 9.71. The predicted molar refractivity (Wildman–Crippen MR) is 122 cm³/mol. The third kappa shape index (κ3) is 4.74. The van der Waals surface area contributed by atoms with Gasteiger partial charge in [-0.15, -0.1) is 0 Å². The van der Waals surface area contributed by atoms with Gasteiger partial charge in [0.1, 0.15) is 5.75 Å². The molecule has 0 saturated heterocycles. The summed E-state index contributed by atoms with van der Waals surface area (Å²) in [5.74, 6) is 0.753. The van der Waals surface area contributed by atoms with Crippen molar-refractivity contribution in [2.24, 2.45) is 5.41 Å². The Morgan fingerprint density at radius 2 is 1.97 bits per heavy atom. The van der Waals surface area contributed by atoms with Crippen molar-refractivity contribution >= 4 is 5.78 Å². The van der Waals surface area contributed by atoms with Gasteiger partial charge in [-0.2, -0.15) is 0 Å². The molecule has 2 aromatic rings. The van der Waals surface area contributed by atoms with Crippen LogP contribution in [0.25, 0.3) is 11.4 Å². The maximum Gasteiger partial charge on any atom is 0.193 e. The molecule has 0 unspecified atom stereocenters. The average Bonchev–Trinajstić information content (AvgIpc) is 2.68. The fourth-order valence-corrected chi connectivity index (χ4v) is 4.13. The fraction of sp³-hybridized carbons (Fsp3) is 0.560. The van der Waals surface area contributed by atoms with Crippen LogP contribution in [0.3, 0.4) is 0 Å². The van der Waals surface area contributed by atoms with Gasteiger partial charge in [-0.1, -0.05) is 34.6 Å². The molecule has 1 aliphatic rings. The summed E-state index contributed by atoms with van der Waals surface area (Å²) in [5, 5.41) is 0. The van der Waals surface area contributed by atoms with Crippen molar-refractivity contribution < 1.29 is 14.3 Å². The maximum absolute atomic E-state index is 12.7. The number of ether oxygens (including phenoxy) is 2. The first-order valence-corrected chi connectivity index (χ1v) is 11.0. The second kappa shape index (κ2) is 8.95. The summed E-state index contributed by atoms with van der Waals surface area (Å²) in [6.45, 7) is 13.4. The molecule has 3 heterocycles. The molecular formula is C25H34N2O4. The number of fused-ring (bicyclic) bond motifs is 3. The van der Waals surface area contributed by atoms with Crippen LogP contribution in [-0.2, 0) is 11.2 Å². The number of aromatic nitrogens is 2. The largest absolute Gasteiger partial charge is 0.492 e. The molecule has 6 nitrogen and oxygen atoms in total. The zero-order valence-electron chi connectivity index (χ0n) is 19.7. The number of Topliss-reactive ketones (excluding diaryl/α,β-unsaturated/α-hetero) is 1. The van der Waals surface area contributed by atoms with Gasteiger partial charge in [-0.3, -0.25) is 9.59 Å². The number of ketones is 1. The molecule has 0 bridgehead atoms. The molecule has 3 rings (SSSR count). The Bertz CT molecular complexity index is 1030. The Morgan fingerprint density at radius 3 is 2.55 bits per heavy atom. The average molecular weight is 427 g/mol. The zero-order valence-corrected chi connectivity index (χ0v) is 19.7. The van der Waals surface area contributed by atoms with Crippen LogP contribution >= 0.6 is 0 Å². The van der Waals surface area contributed by atoms with E-state index in [2.05, 4.69) is 45.3 Å². The van der Waals surface area contributed by atoms with Crippen LogP contribution in [0, 0.1) is 5.41 Å². The van der Waals surface area contributed by atoms with Gasteiger partial charge in [0.05, 0.1) is 29.3 Å². The van der Waals surface area contributed by atoms with Crippen molar-refractivity contribution in [3.05, 3.63) is 45.4 Å². The van der Waals surface area contributed by atoms with Crippen molar-refractivity contribution in [1.82, 2.24) is 9.55 Å². The Morgan fingerprint density at radius 1 is 1.26 bits per heavy atom. The molecular weight excluding hydrogens is 392 g/mol. The molecule has 1 aliphatic heterocycles. The van der Waals surface area contributed by atoms with E-state index in [1.807, 2.05) is 0 Å². The lowest BCUT2D eigenvalue weighted by atomic mass is 9.79. The van der Waals surface area contributed by atoms with Crippen LogP contribution in [0.4, 0.5) is 0 Å². The van der Waals surface area contributed by atoms with Crippen molar-refractivity contribution in [1.29, 1.82) is 0 Å². The molecule has 2 aromatic heterocycles. The summed E-state index contributed by atoms with van der Waals surface area (Å²) in [5.41, 5.74) is 3.41. The van der Waals surface area contributed by atoms with E-state index in [0.29, 0.717) is 13.2 Å². The number of nitrogens with zero attached hydrogens (tertiary/aromatic N) is 2. The molecule has 0 radical (unpaired) electrons. The van der Waals surface area contributed by atoms with Crippen LogP contribution in [0.2, 0.25) is 0 Å². The zero-order chi connectivity index (χ0) is 22.9. The lowest BCUT2D eigenvalue weighted by molar-refractivity contribution is 0.101. The molecule has 0 aromatic carbocycles. The number of methoxy groups -OCH3 is 1. The summed E-state index contributed by atoms with van der Waals surface area (Å²) >= 11 is 0. The monoisotopic (exact) mass is 426 g/mol. The number of carbonyl (C=O) groups excluding carboxylic acids is 1. The van der Waals surface area contributed by atoms with Gasteiger partial charge >= 0.3 is 0 Å². The Kier molecular flexibility index (Phi) is 6.70. The van der Waals surface area contributed by atoms with Crippen LogP contribution in [0.1, 0.15) is 81.5 Å². The highest BCUT2D eigenvalue weighted by Crippen LogP contribution is 2.43. The fourth-order valence-electron chi connectivity index (χ4n) is 4.13.